The number of rotatable bonds is 3. The van der Waals surface area contributed by atoms with Crippen molar-refractivity contribution in [1.29, 1.82) is 0 Å². The molecule has 0 spiro atoms. The van der Waals surface area contributed by atoms with Gasteiger partial charge in [-0.3, -0.25) is 5.32 Å². The summed E-state index contributed by atoms with van der Waals surface area (Å²) in [5, 5.41) is 11.4. The number of benzene rings is 1. The van der Waals surface area contributed by atoms with Gasteiger partial charge in [-0.05, 0) is 24.3 Å². The van der Waals surface area contributed by atoms with Gasteiger partial charge >= 0.3 is 6.09 Å². The van der Waals surface area contributed by atoms with E-state index in [9.17, 15) is 4.79 Å². The molecule has 7 heteroatoms. The lowest BCUT2D eigenvalue weighted by Crippen LogP contribution is -2.06. The highest BCUT2D eigenvalue weighted by atomic mass is 35.5. The van der Waals surface area contributed by atoms with E-state index in [0.717, 1.165) is 0 Å². The molecule has 0 saturated heterocycles. The Morgan fingerprint density at radius 3 is 2.68 bits per heavy atom. The first kappa shape index (κ1) is 13.5. The Kier molecular flexibility index (Phi) is 4.09. The predicted octanol–water partition coefficient (Wildman–Crippen LogP) is 4.27. The SMILES string of the molecule is O=C(O)Nc1ccc(Oc2ccnc(Cl)c2)c(Cl)c1. The molecular weight excluding hydrogens is 291 g/mol. The lowest BCUT2D eigenvalue weighted by molar-refractivity contribution is 0.209. The number of amides is 1. The van der Waals surface area contributed by atoms with Gasteiger partial charge in [0.15, 0.2) is 0 Å². The van der Waals surface area contributed by atoms with Crippen molar-refractivity contribution in [2.75, 3.05) is 5.32 Å². The molecule has 0 aliphatic heterocycles. The number of anilines is 1. The lowest BCUT2D eigenvalue weighted by atomic mass is 10.3. The van der Waals surface area contributed by atoms with Crippen LogP contribution in [0.1, 0.15) is 0 Å². The summed E-state index contributed by atoms with van der Waals surface area (Å²) < 4.78 is 5.52. The Hall–Kier alpha value is -1.98. The largest absolute Gasteiger partial charge is 0.465 e. The first-order valence-corrected chi connectivity index (χ1v) is 5.89. The molecule has 0 atom stereocenters. The summed E-state index contributed by atoms with van der Waals surface area (Å²) in [5.74, 6) is 0.876. The third-order valence-electron chi connectivity index (χ3n) is 2.11. The van der Waals surface area contributed by atoms with Crippen LogP contribution in [0.15, 0.2) is 36.5 Å². The second-order valence-electron chi connectivity index (χ2n) is 3.49. The van der Waals surface area contributed by atoms with Crippen LogP contribution in [0.2, 0.25) is 10.2 Å². The third-order valence-corrected chi connectivity index (χ3v) is 2.61. The van der Waals surface area contributed by atoms with Gasteiger partial charge in [-0.1, -0.05) is 23.2 Å². The summed E-state index contributed by atoms with van der Waals surface area (Å²) in [5.41, 5.74) is 0.359. The van der Waals surface area contributed by atoms with E-state index in [1.54, 1.807) is 18.2 Å². The summed E-state index contributed by atoms with van der Waals surface area (Å²) >= 11 is 11.7. The van der Waals surface area contributed by atoms with E-state index in [1.807, 2.05) is 0 Å². The van der Waals surface area contributed by atoms with Crippen molar-refractivity contribution in [2.45, 2.75) is 0 Å². The monoisotopic (exact) mass is 298 g/mol. The molecule has 0 bridgehead atoms. The number of halogens is 2. The average Bonchev–Trinajstić information content (AvgIpc) is 2.32. The van der Waals surface area contributed by atoms with Gasteiger partial charge in [0.25, 0.3) is 0 Å². The highest BCUT2D eigenvalue weighted by molar-refractivity contribution is 6.32. The van der Waals surface area contributed by atoms with Crippen LogP contribution >= 0.6 is 23.2 Å². The number of nitrogens with one attached hydrogen (secondary N) is 1. The smallest absolute Gasteiger partial charge is 0.409 e. The van der Waals surface area contributed by atoms with Crippen LogP contribution in [0, 0.1) is 0 Å². The zero-order valence-corrected chi connectivity index (χ0v) is 10.9. The van der Waals surface area contributed by atoms with E-state index < -0.39 is 6.09 Å². The van der Waals surface area contributed by atoms with E-state index in [2.05, 4.69) is 10.3 Å². The highest BCUT2D eigenvalue weighted by Gasteiger charge is 2.06. The van der Waals surface area contributed by atoms with Crippen molar-refractivity contribution in [1.82, 2.24) is 4.98 Å². The topological polar surface area (TPSA) is 71.5 Å². The van der Waals surface area contributed by atoms with Crippen LogP contribution in [-0.4, -0.2) is 16.2 Å². The zero-order chi connectivity index (χ0) is 13.8. The van der Waals surface area contributed by atoms with E-state index >= 15 is 0 Å². The number of aromatic nitrogens is 1. The Bertz CT molecular complexity index is 620. The molecule has 0 aliphatic carbocycles. The molecule has 98 valence electrons. The van der Waals surface area contributed by atoms with Crippen LogP contribution in [0.3, 0.4) is 0 Å². The first-order valence-electron chi connectivity index (χ1n) is 5.13. The van der Waals surface area contributed by atoms with Crippen molar-refractivity contribution in [3.8, 4) is 11.5 Å². The maximum atomic E-state index is 10.5. The second kappa shape index (κ2) is 5.77. The van der Waals surface area contributed by atoms with Crippen molar-refractivity contribution in [3.63, 3.8) is 0 Å². The van der Waals surface area contributed by atoms with Gasteiger partial charge < -0.3 is 9.84 Å². The summed E-state index contributed by atoms with van der Waals surface area (Å²) in [6.45, 7) is 0. The van der Waals surface area contributed by atoms with Gasteiger partial charge in [0.05, 0.1) is 5.02 Å². The van der Waals surface area contributed by atoms with Gasteiger partial charge in [0, 0.05) is 18.0 Å². The van der Waals surface area contributed by atoms with Gasteiger partial charge in [0.1, 0.15) is 16.7 Å². The molecule has 0 fully saturated rings. The van der Waals surface area contributed by atoms with E-state index in [1.165, 1.54) is 18.3 Å². The number of carbonyl (C=O) groups is 1. The van der Waals surface area contributed by atoms with E-state index in [-0.39, 0.29) is 5.02 Å². The predicted molar refractivity (Wildman–Crippen MR) is 72.4 cm³/mol. The standard InChI is InChI=1S/C12H8Cl2N2O3/c13-9-5-7(16-12(17)18)1-2-10(9)19-8-3-4-15-11(14)6-8/h1-6,16H,(H,17,18). The summed E-state index contributed by atoms with van der Waals surface area (Å²) in [6.07, 6.45) is 0.344. The third kappa shape index (κ3) is 3.74. The van der Waals surface area contributed by atoms with Crippen molar-refractivity contribution in [2.24, 2.45) is 0 Å². The van der Waals surface area contributed by atoms with E-state index in [4.69, 9.17) is 33.0 Å². The number of hydrogen-bond donors (Lipinski definition) is 2. The summed E-state index contributed by atoms with van der Waals surface area (Å²) in [6, 6.07) is 7.72. The molecule has 2 N–H and O–H groups in total. The Labute approximate surface area is 118 Å². The zero-order valence-electron chi connectivity index (χ0n) is 9.43. The fourth-order valence-electron chi connectivity index (χ4n) is 1.36. The molecule has 2 rings (SSSR count). The molecule has 5 nitrogen and oxygen atoms in total. The maximum Gasteiger partial charge on any atom is 0.409 e. The van der Waals surface area contributed by atoms with Crippen LogP contribution in [0.25, 0.3) is 0 Å². The minimum Gasteiger partial charge on any atom is -0.465 e. The first-order chi connectivity index (χ1) is 9.04. The van der Waals surface area contributed by atoms with Crippen molar-refractivity contribution < 1.29 is 14.6 Å². The molecule has 1 aromatic carbocycles. The summed E-state index contributed by atoms with van der Waals surface area (Å²) in [7, 11) is 0. The van der Waals surface area contributed by atoms with Gasteiger partial charge in [-0.25, -0.2) is 9.78 Å². The Morgan fingerprint density at radius 1 is 1.26 bits per heavy atom. The minimum absolute atomic E-state index is 0.277. The van der Waals surface area contributed by atoms with Gasteiger partial charge in [-0.2, -0.15) is 0 Å². The fraction of sp³-hybridized carbons (Fsp3) is 0. The number of hydrogen-bond acceptors (Lipinski definition) is 3. The minimum atomic E-state index is -1.16. The number of pyridine rings is 1. The molecule has 1 heterocycles. The Morgan fingerprint density at radius 2 is 2.05 bits per heavy atom. The molecule has 1 aromatic heterocycles. The van der Waals surface area contributed by atoms with Gasteiger partial charge in [0.2, 0.25) is 0 Å². The quantitative estimate of drug-likeness (QED) is 0.830. The number of ether oxygens (including phenoxy) is 1. The molecule has 0 saturated carbocycles. The number of carboxylic acid groups (broad SMARTS) is 1. The average molecular weight is 299 g/mol. The van der Waals surface area contributed by atoms with Crippen LogP contribution in [-0.2, 0) is 0 Å². The van der Waals surface area contributed by atoms with Crippen LogP contribution < -0.4 is 10.1 Å². The van der Waals surface area contributed by atoms with Crippen molar-refractivity contribution >= 4 is 35.0 Å². The molecule has 0 radical (unpaired) electrons. The molecule has 19 heavy (non-hydrogen) atoms. The van der Waals surface area contributed by atoms with Crippen molar-refractivity contribution in [3.05, 3.63) is 46.7 Å². The lowest BCUT2D eigenvalue weighted by Gasteiger charge is -2.09. The molecule has 1 amide bonds. The fourth-order valence-corrected chi connectivity index (χ4v) is 1.74. The molecule has 0 aliphatic rings. The maximum absolute atomic E-state index is 10.5. The number of nitrogens with zero attached hydrogens (tertiary/aromatic N) is 1. The Balaban J connectivity index is 2.19. The molecule has 0 unspecified atom stereocenters. The van der Waals surface area contributed by atoms with E-state index in [0.29, 0.717) is 22.3 Å². The normalized spacial score (nSPS) is 10.0. The summed E-state index contributed by atoms with van der Waals surface area (Å²) in [4.78, 5) is 14.3. The molecule has 2 aromatic rings. The second-order valence-corrected chi connectivity index (χ2v) is 4.29. The highest BCUT2D eigenvalue weighted by Crippen LogP contribution is 2.32. The van der Waals surface area contributed by atoms with Crippen LogP contribution in [0.4, 0.5) is 10.5 Å². The van der Waals surface area contributed by atoms with Gasteiger partial charge in [-0.15, -0.1) is 0 Å². The molecular formula is C12H8Cl2N2O3. The van der Waals surface area contributed by atoms with Crippen LogP contribution in [0.5, 0.6) is 11.5 Å².